The van der Waals surface area contributed by atoms with Gasteiger partial charge in [-0.25, -0.2) is 0 Å². The number of pyridine rings is 1. The van der Waals surface area contributed by atoms with Gasteiger partial charge in [0, 0.05) is 37.1 Å². The molecule has 1 aliphatic rings. The molecule has 1 aromatic heterocycles. The molecular formula is C26H28N6O2. The van der Waals surface area contributed by atoms with Gasteiger partial charge in [0.05, 0.1) is 5.69 Å². The van der Waals surface area contributed by atoms with Crippen molar-refractivity contribution in [2.45, 2.75) is 13.5 Å². The summed E-state index contributed by atoms with van der Waals surface area (Å²) in [6.45, 7) is 2.63. The van der Waals surface area contributed by atoms with Crippen LogP contribution in [0, 0.1) is 11.3 Å². The molecule has 0 bridgehead atoms. The van der Waals surface area contributed by atoms with Gasteiger partial charge in [-0.3, -0.25) is 25.6 Å². The molecule has 0 aliphatic carbocycles. The van der Waals surface area contributed by atoms with Gasteiger partial charge < -0.3 is 15.7 Å². The number of benzene rings is 2. The summed E-state index contributed by atoms with van der Waals surface area (Å²) in [5, 5.41) is 26.0. The summed E-state index contributed by atoms with van der Waals surface area (Å²) >= 11 is 0. The predicted octanol–water partition coefficient (Wildman–Crippen LogP) is 3.11. The number of carbonyl (C=O) groups excluding carboxylic acids is 1. The largest absolute Gasteiger partial charge is 0.396 e. The van der Waals surface area contributed by atoms with Gasteiger partial charge in [-0.05, 0) is 35.7 Å². The van der Waals surface area contributed by atoms with Crippen LogP contribution in [0.15, 0.2) is 90.4 Å². The minimum atomic E-state index is -0.369. The third kappa shape index (κ3) is 5.41. The Labute approximate surface area is 198 Å². The van der Waals surface area contributed by atoms with Gasteiger partial charge in [-0.15, -0.1) is 0 Å². The van der Waals surface area contributed by atoms with Crippen molar-refractivity contribution in [3.63, 3.8) is 0 Å². The highest BCUT2D eigenvalue weighted by Gasteiger charge is 2.34. The fraction of sp³-hybridized carbons (Fsp3) is 0.192. The van der Waals surface area contributed by atoms with E-state index in [9.17, 15) is 9.90 Å². The minimum Gasteiger partial charge on any atom is -0.396 e. The highest BCUT2D eigenvalue weighted by Crippen LogP contribution is 2.20. The summed E-state index contributed by atoms with van der Waals surface area (Å²) < 4.78 is 0. The van der Waals surface area contributed by atoms with E-state index in [4.69, 9.17) is 5.41 Å². The lowest BCUT2D eigenvalue weighted by atomic mass is 10.1. The molecule has 1 fully saturated rings. The van der Waals surface area contributed by atoms with Crippen LogP contribution in [-0.4, -0.2) is 40.0 Å². The first-order valence-electron chi connectivity index (χ1n) is 11.1. The normalized spacial score (nSPS) is 15.6. The molecule has 2 aromatic carbocycles. The average molecular weight is 457 g/mol. The molecule has 2 heterocycles. The standard InChI is InChI=1S/C26H28N6O2/c1-18(17-33)16-32-24(27)23(26(34)31-32)25(30-21-7-3-2-4-8-21)29-15-19-10-12-20(13-11-19)22-9-5-6-14-28-22/h2-14,18,27,29-30,33H,15-17H2,1H3,(H,31,34)/b25-23-,27-24?/t18-/m1/s1. The van der Waals surface area contributed by atoms with Crippen LogP contribution in [0.25, 0.3) is 11.3 Å². The van der Waals surface area contributed by atoms with Crippen LogP contribution >= 0.6 is 0 Å². The lowest BCUT2D eigenvalue weighted by molar-refractivity contribution is -0.118. The highest BCUT2D eigenvalue weighted by molar-refractivity contribution is 6.24. The predicted molar refractivity (Wildman–Crippen MR) is 132 cm³/mol. The van der Waals surface area contributed by atoms with E-state index < -0.39 is 0 Å². The molecule has 8 nitrogen and oxygen atoms in total. The lowest BCUT2D eigenvalue weighted by Crippen LogP contribution is -2.39. The number of nitrogens with zero attached hydrogens (tertiary/aromatic N) is 2. The summed E-state index contributed by atoms with van der Waals surface area (Å²) in [7, 11) is 0. The van der Waals surface area contributed by atoms with Crippen molar-refractivity contribution in [3.05, 3.63) is 96.0 Å². The smallest absolute Gasteiger partial charge is 0.277 e. The third-order valence-corrected chi connectivity index (χ3v) is 5.45. The number of hydrogen-bond acceptors (Lipinski definition) is 6. The van der Waals surface area contributed by atoms with Crippen molar-refractivity contribution in [1.29, 1.82) is 5.41 Å². The second-order valence-corrected chi connectivity index (χ2v) is 8.19. The molecule has 0 radical (unpaired) electrons. The maximum Gasteiger partial charge on any atom is 0.277 e. The molecule has 1 atom stereocenters. The van der Waals surface area contributed by atoms with Gasteiger partial charge in [-0.1, -0.05) is 55.5 Å². The Balaban J connectivity index is 1.56. The number of rotatable bonds is 9. The first-order valence-corrected chi connectivity index (χ1v) is 11.1. The number of amides is 1. The number of hydrogen-bond donors (Lipinski definition) is 5. The van der Waals surface area contributed by atoms with Crippen LogP contribution < -0.4 is 16.1 Å². The molecule has 5 N–H and O–H groups in total. The first kappa shape index (κ1) is 23.0. The molecule has 34 heavy (non-hydrogen) atoms. The Morgan fingerprint density at radius 1 is 1.09 bits per heavy atom. The van der Waals surface area contributed by atoms with Crippen LogP contribution in [-0.2, 0) is 11.3 Å². The van der Waals surface area contributed by atoms with Crippen LogP contribution in [0.4, 0.5) is 5.69 Å². The number of para-hydroxylation sites is 1. The van der Waals surface area contributed by atoms with Crippen molar-refractivity contribution >= 4 is 17.4 Å². The maximum absolute atomic E-state index is 12.8. The zero-order valence-electron chi connectivity index (χ0n) is 19.0. The zero-order valence-corrected chi connectivity index (χ0v) is 19.0. The SMILES string of the molecule is C[C@@H](CO)CN1NC(=O)/C(=C(/NCc2ccc(-c3ccccn3)cc2)Nc2ccccc2)C1=N. The summed E-state index contributed by atoms with van der Waals surface area (Å²) in [4.78, 5) is 17.2. The highest BCUT2D eigenvalue weighted by atomic mass is 16.3. The van der Waals surface area contributed by atoms with E-state index in [1.165, 1.54) is 5.01 Å². The topological polar surface area (TPSA) is 113 Å². The third-order valence-electron chi connectivity index (χ3n) is 5.45. The summed E-state index contributed by atoms with van der Waals surface area (Å²) in [6.07, 6.45) is 1.77. The average Bonchev–Trinajstić information content (AvgIpc) is 3.15. The molecule has 0 unspecified atom stereocenters. The van der Waals surface area contributed by atoms with Crippen LogP contribution in [0.3, 0.4) is 0 Å². The Hall–Kier alpha value is -4.17. The number of aliphatic hydroxyl groups excluding tert-OH is 1. The number of aliphatic hydroxyl groups is 1. The quantitative estimate of drug-likeness (QED) is 0.316. The van der Waals surface area contributed by atoms with E-state index in [2.05, 4.69) is 21.0 Å². The monoisotopic (exact) mass is 456 g/mol. The molecule has 0 saturated carbocycles. The fourth-order valence-electron chi connectivity index (χ4n) is 3.59. The summed E-state index contributed by atoms with van der Waals surface area (Å²) in [5.41, 5.74) is 6.69. The van der Waals surface area contributed by atoms with Crippen molar-refractivity contribution in [2.24, 2.45) is 5.92 Å². The molecule has 1 aliphatic heterocycles. The number of amidine groups is 1. The number of nitrogens with one attached hydrogen (secondary N) is 4. The van der Waals surface area contributed by atoms with E-state index in [0.29, 0.717) is 18.9 Å². The molecule has 1 saturated heterocycles. The van der Waals surface area contributed by atoms with Crippen LogP contribution in [0.5, 0.6) is 0 Å². The lowest BCUT2D eigenvalue weighted by Gasteiger charge is -2.20. The van der Waals surface area contributed by atoms with Crippen molar-refractivity contribution in [3.8, 4) is 11.3 Å². The molecule has 1 amide bonds. The molecule has 174 valence electrons. The summed E-state index contributed by atoms with van der Waals surface area (Å²) in [5.74, 6) is 0.0473. The van der Waals surface area contributed by atoms with Crippen molar-refractivity contribution in [2.75, 3.05) is 18.5 Å². The van der Waals surface area contributed by atoms with Crippen LogP contribution in [0.2, 0.25) is 0 Å². The van der Waals surface area contributed by atoms with Gasteiger partial charge in [-0.2, -0.15) is 0 Å². The minimum absolute atomic E-state index is 0.0272. The first-order chi connectivity index (χ1) is 16.5. The molecule has 3 aromatic rings. The molecule has 0 spiro atoms. The van der Waals surface area contributed by atoms with E-state index in [1.54, 1.807) is 6.20 Å². The maximum atomic E-state index is 12.8. The molecule has 8 heteroatoms. The van der Waals surface area contributed by atoms with Gasteiger partial charge in [0.15, 0.2) is 5.84 Å². The van der Waals surface area contributed by atoms with E-state index in [-0.39, 0.29) is 29.8 Å². The van der Waals surface area contributed by atoms with Gasteiger partial charge in [0.2, 0.25) is 0 Å². The Bertz CT molecular complexity index is 1160. The van der Waals surface area contributed by atoms with Gasteiger partial charge in [0.25, 0.3) is 5.91 Å². The van der Waals surface area contributed by atoms with Crippen LogP contribution in [0.1, 0.15) is 12.5 Å². The Morgan fingerprint density at radius 2 is 1.82 bits per heavy atom. The van der Waals surface area contributed by atoms with E-state index >= 15 is 0 Å². The number of hydrazine groups is 1. The number of aromatic nitrogens is 1. The molecule has 4 rings (SSSR count). The number of anilines is 1. The number of carbonyl (C=O) groups is 1. The van der Waals surface area contributed by atoms with Gasteiger partial charge >= 0.3 is 0 Å². The van der Waals surface area contributed by atoms with E-state index in [0.717, 1.165) is 22.5 Å². The fourth-order valence-corrected chi connectivity index (χ4v) is 3.59. The van der Waals surface area contributed by atoms with Crippen molar-refractivity contribution < 1.29 is 9.90 Å². The zero-order chi connectivity index (χ0) is 23.9. The Kier molecular flexibility index (Phi) is 7.19. The van der Waals surface area contributed by atoms with Gasteiger partial charge in [0.1, 0.15) is 11.4 Å². The molecular weight excluding hydrogens is 428 g/mol. The second kappa shape index (κ2) is 10.6. The second-order valence-electron chi connectivity index (χ2n) is 8.19. The van der Waals surface area contributed by atoms with Crippen molar-refractivity contribution in [1.82, 2.24) is 20.7 Å². The summed E-state index contributed by atoms with van der Waals surface area (Å²) in [6, 6.07) is 23.4. The Morgan fingerprint density at radius 3 is 2.50 bits per heavy atom. The van der Waals surface area contributed by atoms with E-state index in [1.807, 2.05) is 79.7 Å².